The van der Waals surface area contributed by atoms with Crippen LogP contribution in [0.4, 0.5) is 14.4 Å². The second kappa shape index (κ2) is 29.1. The van der Waals surface area contributed by atoms with Crippen LogP contribution < -0.4 is 10.6 Å². The maximum absolute atomic E-state index is 14.1. The summed E-state index contributed by atoms with van der Waals surface area (Å²) in [6.45, 7) is 4.60. The Morgan fingerprint density at radius 2 is 0.863 bits per heavy atom. The summed E-state index contributed by atoms with van der Waals surface area (Å²) < 4.78 is 69.8. The van der Waals surface area contributed by atoms with E-state index in [-0.39, 0.29) is 34.3 Å². The normalized spacial score (nSPS) is 12.7. The van der Waals surface area contributed by atoms with Gasteiger partial charge in [-0.3, -0.25) is 24.0 Å². The quantitative estimate of drug-likeness (QED) is 0.0319. The van der Waals surface area contributed by atoms with E-state index in [1.54, 1.807) is 60.7 Å². The molecular weight excluding hydrogens is 1170 g/mol. The maximum atomic E-state index is 14.1. The van der Waals surface area contributed by atoms with E-state index in [0.717, 1.165) is 43.9 Å². The Morgan fingerprint density at radius 3 is 1.19 bits per heavy atom. The fourth-order valence-electron chi connectivity index (χ4n) is 7.07. The highest BCUT2D eigenvalue weighted by Crippen LogP contribution is 2.44. The highest BCUT2D eigenvalue weighted by atomic mass is 35.5. The van der Waals surface area contributed by atoms with Crippen molar-refractivity contribution >= 4 is 114 Å². The number of amides is 4. The van der Waals surface area contributed by atoms with Crippen molar-refractivity contribution in [3.63, 3.8) is 0 Å². The van der Waals surface area contributed by atoms with E-state index in [9.17, 15) is 65.4 Å². The van der Waals surface area contributed by atoms with Crippen LogP contribution in [0.2, 0.25) is 20.1 Å². The third kappa shape index (κ3) is 17.0. The number of hydrogen-bond acceptors (Lipinski definition) is 15. The van der Waals surface area contributed by atoms with Gasteiger partial charge in [-0.05, 0) is 60.2 Å². The summed E-state index contributed by atoms with van der Waals surface area (Å²) in [4.78, 5) is 98.2. The average molecular weight is 1230 g/mol. The number of carboxylic acid groups (broad SMARTS) is 3. The van der Waals surface area contributed by atoms with Gasteiger partial charge in [-0.1, -0.05) is 151 Å². The molecule has 0 spiro atoms. The van der Waals surface area contributed by atoms with Crippen molar-refractivity contribution < 1.29 is 84.7 Å². The zero-order valence-corrected chi connectivity index (χ0v) is 47.5. The molecule has 0 aliphatic rings. The number of nitrogens with zero attached hydrogens (tertiary/aromatic N) is 2. The van der Waals surface area contributed by atoms with Crippen molar-refractivity contribution in [2.45, 2.75) is 80.7 Å². The van der Waals surface area contributed by atoms with E-state index in [2.05, 4.69) is 10.6 Å². The molecule has 428 valence electrons. The summed E-state index contributed by atoms with van der Waals surface area (Å²) >= 11 is 25.4. The second-order valence-corrected chi connectivity index (χ2v) is 22.9. The summed E-state index contributed by atoms with van der Waals surface area (Å²) in [6, 6.07) is 27.0. The first kappa shape index (κ1) is 65.0. The second-order valence-electron chi connectivity index (χ2n) is 17.5. The standard InChI is InChI=1S/C35H28Cl4N2O13S2.C17H24N2O5/c1-40(34(47)53-17-19-9-5-3-6-10-19)55(49,50)23-15-13-21(36)25(29(23)38)27(32(43)44)31(42)28(33(45)46)26-22(37)14-16-24(30(26)39)56(51,52)41(2)35(48)54-18-20-11-7-4-8-12-20;1-11(2)9-14(15(20)18-12(3)16(21)22)19-17(23)24-10-13-7-5-4-6-8-13/h3-16,27-28H,17-18H2,1-2H3,(H,43,44)(H,45,46);4-8,11-12,14H,9-10H2,1-3H3,(H,18,20)(H,19,23)(H,21,22)/t;12-,14-/m.0/s1. The average Bonchev–Trinajstić information content (AvgIpc) is 3.45. The van der Waals surface area contributed by atoms with Crippen LogP contribution in [0.25, 0.3) is 0 Å². The Hall–Kier alpha value is -7.48. The number of aliphatic carboxylic acids is 3. The van der Waals surface area contributed by atoms with Gasteiger partial charge in [0.05, 0.1) is 10.0 Å². The molecule has 22 nitrogen and oxygen atoms in total. The Morgan fingerprint density at radius 1 is 0.512 bits per heavy atom. The lowest BCUT2D eigenvalue weighted by Gasteiger charge is -2.24. The number of ether oxygens (including phenoxy) is 3. The molecule has 0 fully saturated rings. The summed E-state index contributed by atoms with van der Waals surface area (Å²) in [5.41, 5.74) is 0.0659. The van der Waals surface area contributed by atoms with E-state index >= 15 is 0 Å². The Kier molecular flexibility index (Phi) is 23.7. The number of halogens is 4. The lowest BCUT2D eigenvalue weighted by Crippen LogP contribution is -2.51. The molecule has 0 aliphatic heterocycles. The number of rotatable bonds is 22. The largest absolute Gasteiger partial charge is 0.480 e. The SMILES string of the molecule is CC(C)C[C@H](NC(=O)OCc1ccccc1)C(=O)N[C@@H](C)C(=O)O.CN(C(=O)OCc1ccccc1)S(=O)(=O)c1ccc(Cl)c(C(C(=O)O)C(=O)C(C(=O)O)c2c(Cl)ccc(S(=O)(=O)N(C)C(=O)OCc3ccccc3)c2Cl)c1Cl. The molecule has 5 rings (SSSR count). The van der Waals surface area contributed by atoms with Gasteiger partial charge in [-0.15, -0.1) is 0 Å². The number of alkyl carbamates (subject to hydrolysis) is 1. The predicted octanol–water partition coefficient (Wildman–Crippen LogP) is 8.74. The van der Waals surface area contributed by atoms with E-state index in [1.165, 1.54) is 6.92 Å². The van der Waals surface area contributed by atoms with Crippen molar-refractivity contribution in [1.82, 2.24) is 19.2 Å². The Balaban J connectivity index is 0.000000479. The highest BCUT2D eigenvalue weighted by Gasteiger charge is 2.45. The fraction of sp³-hybridized carbons (Fsp3) is 0.269. The summed E-state index contributed by atoms with van der Waals surface area (Å²) in [7, 11) is -8.28. The van der Waals surface area contributed by atoms with Crippen LogP contribution in [-0.4, -0.2) is 115 Å². The minimum absolute atomic E-state index is 0.0915. The topological polar surface area (TPSA) is 324 Å². The molecule has 0 bridgehead atoms. The van der Waals surface area contributed by atoms with Gasteiger partial charge in [0, 0.05) is 35.3 Å². The molecule has 5 aromatic carbocycles. The van der Waals surface area contributed by atoms with Crippen LogP contribution in [0, 0.1) is 5.92 Å². The molecule has 4 atom stereocenters. The van der Waals surface area contributed by atoms with Crippen molar-refractivity contribution in [1.29, 1.82) is 0 Å². The lowest BCUT2D eigenvalue weighted by atomic mass is 9.83. The molecule has 0 radical (unpaired) electrons. The number of Topliss-reactive ketones (excluding diaryl/α,β-unsaturated/α-hetero) is 1. The fourth-order valence-corrected chi connectivity index (χ4v) is 11.1. The smallest absolute Gasteiger partial charge is 0.423 e. The molecule has 80 heavy (non-hydrogen) atoms. The number of nitrogens with one attached hydrogen (secondary N) is 2. The van der Waals surface area contributed by atoms with Gasteiger partial charge >= 0.3 is 36.2 Å². The molecule has 0 aliphatic carbocycles. The molecular formula is C52H52Cl4N4O18S2. The van der Waals surface area contributed by atoms with Crippen LogP contribution in [-0.2, 0) is 78.1 Å². The van der Waals surface area contributed by atoms with E-state index in [4.69, 9.17) is 65.7 Å². The Labute approximate surface area is 479 Å². The molecule has 5 N–H and O–H groups in total. The van der Waals surface area contributed by atoms with Gasteiger partial charge in [-0.2, -0.15) is 0 Å². The molecule has 0 heterocycles. The summed E-state index contributed by atoms with van der Waals surface area (Å²) in [5, 5.41) is 31.1. The molecule has 4 amide bonds. The zero-order chi connectivity index (χ0) is 59.8. The predicted molar refractivity (Wildman–Crippen MR) is 290 cm³/mol. The van der Waals surface area contributed by atoms with Crippen molar-refractivity contribution in [3.8, 4) is 0 Å². The number of carboxylic acids is 3. The highest BCUT2D eigenvalue weighted by molar-refractivity contribution is 7.90. The van der Waals surface area contributed by atoms with Crippen LogP contribution in [0.3, 0.4) is 0 Å². The zero-order valence-electron chi connectivity index (χ0n) is 42.9. The number of carbonyl (C=O) groups excluding carboxylic acids is 5. The molecule has 28 heteroatoms. The third-order valence-corrected chi connectivity index (χ3v) is 16.5. The van der Waals surface area contributed by atoms with Crippen LogP contribution in [0.1, 0.15) is 66.8 Å². The summed E-state index contributed by atoms with van der Waals surface area (Å²) in [5.74, 6) is -12.8. The van der Waals surface area contributed by atoms with Gasteiger partial charge in [0.15, 0.2) is 5.78 Å². The third-order valence-electron chi connectivity index (χ3n) is 11.3. The number of hydrogen-bond donors (Lipinski definition) is 5. The molecule has 0 saturated heterocycles. The number of sulfonamides is 2. The van der Waals surface area contributed by atoms with Gasteiger partial charge in [0.25, 0.3) is 20.0 Å². The number of carbonyl (C=O) groups is 8. The Bertz CT molecular complexity index is 3160. The monoisotopic (exact) mass is 1220 g/mol. The van der Waals surface area contributed by atoms with Gasteiger partial charge in [-0.25, -0.2) is 39.8 Å². The summed E-state index contributed by atoms with van der Waals surface area (Å²) in [6.07, 6.45) is -3.08. The molecule has 2 unspecified atom stereocenters. The maximum Gasteiger partial charge on any atom is 0.423 e. The van der Waals surface area contributed by atoms with Crippen LogP contribution >= 0.6 is 46.4 Å². The van der Waals surface area contributed by atoms with Crippen LogP contribution in [0.15, 0.2) is 125 Å². The lowest BCUT2D eigenvalue weighted by molar-refractivity contribution is -0.147. The van der Waals surface area contributed by atoms with E-state index < -0.39 is 133 Å². The van der Waals surface area contributed by atoms with Crippen molar-refractivity contribution in [3.05, 3.63) is 163 Å². The van der Waals surface area contributed by atoms with E-state index in [1.807, 2.05) is 44.2 Å². The van der Waals surface area contributed by atoms with Crippen molar-refractivity contribution in [2.75, 3.05) is 14.1 Å². The van der Waals surface area contributed by atoms with Gasteiger partial charge in [0.2, 0.25) is 5.91 Å². The number of benzene rings is 5. The molecule has 0 aromatic heterocycles. The first-order valence-electron chi connectivity index (χ1n) is 23.4. The number of ketones is 1. The van der Waals surface area contributed by atoms with Gasteiger partial charge in [0.1, 0.15) is 53.5 Å². The minimum atomic E-state index is -4.96. The first-order valence-corrected chi connectivity index (χ1v) is 27.8. The van der Waals surface area contributed by atoms with Crippen LogP contribution in [0.5, 0.6) is 0 Å². The minimum Gasteiger partial charge on any atom is -0.480 e. The van der Waals surface area contributed by atoms with Gasteiger partial charge < -0.3 is 40.2 Å². The first-order chi connectivity index (χ1) is 37.5. The molecule has 5 aromatic rings. The molecule has 0 saturated carbocycles. The van der Waals surface area contributed by atoms with E-state index in [0.29, 0.717) is 17.5 Å². The van der Waals surface area contributed by atoms with Crippen molar-refractivity contribution in [2.24, 2.45) is 5.92 Å².